The Balaban J connectivity index is 1.61. The van der Waals surface area contributed by atoms with E-state index < -0.39 is 18.1 Å². The summed E-state index contributed by atoms with van der Waals surface area (Å²) in [5, 5.41) is 4.98. The predicted molar refractivity (Wildman–Crippen MR) is 98.3 cm³/mol. The summed E-state index contributed by atoms with van der Waals surface area (Å²) in [7, 11) is 0. The van der Waals surface area contributed by atoms with Crippen LogP contribution in [0, 0.1) is 0 Å². The molecule has 27 heavy (non-hydrogen) atoms. The van der Waals surface area contributed by atoms with Crippen LogP contribution in [0.25, 0.3) is 0 Å². The Hall–Kier alpha value is -2.90. The highest BCUT2D eigenvalue weighted by atomic mass is 19.4. The van der Waals surface area contributed by atoms with Gasteiger partial charge in [0.15, 0.2) is 5.75 Å². The van der Waals surface area contributed by atoms with Gasteiger partial charge in [0.2, 0.25) is 0 Å². The van der Waals surface area contributed by atoms with Crippen LogP contribution in [-0.2, 0) is 0 Å². The van der Waals surface area contributed by atoms with Crippen molar-refractivity contribution in [3.05, 3.63) is 48.5 Å². The van der Waals surface area contributed by atoms with Crippen molar-refractivity contribution in [1.82, 2.24) is 0 Å². The molecular weight excluding hydrogens is 359 g/mol. The van der Waals surface area contributed by atoms with Crippen LogP contribution >= 0.6 is 0 Å². The molecule has 0 radical (unpaired) electrons. The molecule has 144 valence electrons. The smallest absolute Gasteiger partial charge is 0.404 e. The van der Waals surface area contributed by atoms with Gasteiger partial charge in [-0.2, -0.15) is 0 Å². The number of rotatable bonds is 4. The maximum absolute atomic E-state index is 12.4. The third-order valence-corrected chi connectivity index (χ3v) is 4.21. The van der Waals surface area contributed by atoms with E-state index in [0.717, 1.165) is 24.8 Å². The van der Waals surface area contributed by atoms with Crippen LogP contribution in [-0.4, -0.2) is 25.5 Å². The number of urea groups is 1. The van der Waals surface area contributed by atoms with Gasteiger partial charge in [0.25, 0.3) is 0 Å². The first-order valence-corrected chi connectivity index (χ1v) is 8.68. The monoisotopic (exact) mass is 379 g/mol. The minimum Gasteiger partial charge on any atom is -0.404 e. The minimum atomic E-state index is -4.83. The number of anilines is 3. The van der Waals surface area contributed by atoms with Gasteiger partial charge in [0.05, 0.1) is 5.69 Å². The molecule has 1 saturated heterocycles. The lowest BCUT2D eigenvalue weighted by Crippen LogP contribution is -2.29. The molecule has 1 fully saturated rings. The van der Waals surface area contributed by atoms with Gasteiger partial charge in [0, 0.05) is 24.5 Å². The quantitative estimate of drug-likeness (QED) is 0.766. The summed E-state index contributed by atoms with van der Waals surface area (Å²) in [6.07, 6.45) is -1.25. The second-order valence-electron chi connectivity index (χ2n) is 6.22. The Kier molecular flexibility index (Phi) is 5.73. The summed E-state index contributed by atoms with van der Waals surface area (Å²) >= 11 is 0. The number of hydrogen-bond donors (Lipinski definition) is 2. The summed E-state index contributed by atoms with van der Waals surface area (Å²) in [5.41, 5.74) is 1.56. The predicted octanol–water partition coefficient (Wildman–Crippen LogP) is 5.22. The number of alkyl halides is 3. The number of benzene rings is 2. The summed E-state index contributed by atoms with van der Waals surface area (Å²) < 4.78 is 41.2. The highest BCUT2D eigenvalue weighted by molar-refractivity contribution is 6.00. The number of piperidine rings is 1. The van der Waals surface area contributed by atoms with Crippen molar-refractivity contribution in [1.29, 1.82) is 0 Å². The van der Waals surface area contributed by atoms with Gasteiger partial charge < -0.3 is 20.3 Å². The summed E-state index contributed by atoms with van der Waals surface area (Å²) in [6, 6.07) is 12.1. The van der Waals surface area contributed by atoms with Crippen LogP contribution in [0.4, 0.5) is 35.0 Å². The first kappa shape index (κ1) is 18.9. The van der Waals surface area contributed by atoms with Gasteiger partial charge in [-0.25, -0.2) is 4.79 Å². The number of hydrogen-bond acceptors (Lipinski definition) is 3. The number of nitrogens with one attached hydrogen (secondary N) is 2. The largest absolute Gasteiger partial charge is 0.573 e. The SMILES string of the molecule is O=C(Nc1ccc(N2CCCCC2)cc1)Nc1ccccc1OC(F)(F)F. The van der Waals surface area contributed by atoms with Crippen molar-refractivity contribution >= 4 is 23.1 Å². The van der Waals surface area contributed by atoms with Gasteiger partial charge in [-0.1, -0.05) is 12.1 Å². The molecular formula is C19H20F3N3O2. The van der Waals surface area contributed by atoms with E-state index in [1.807, 2.05) is 12.1 Å². The third-order valence-electron chi connectivity index (χ3n) is 4.21. The van der Waals surface area contributed by atoms with Gasteiger partial charge in [0.1, 0.15) is 0 Å². The van der Waals surface area contributed by atoms with E-state index in [-0.39, 0.29) is 5.69 Å². The molecule has 1 heterocycles. The van der Waals surface area contributed by atoms with Crippen LogP contribution < -0.4 is 20.3 Å². The number of nitrogens with zero attached hydrogens (tertiary/aromatic N) is 1. The van der Waals surface area contributed by atoms with Crippen molar-refractivity contribution in [3.8, 4) is 5.75 Å². The van der Waals surface area contributed by atoms with Gasteiger partial charge in [-0.15, -0.1) is 13.2 Å². The number of ether oxygens (including phenoxy) is 1. The fraction of sp³-hybridized carbons (Fsp3) is 0.316. The number of amides is 2. The standard InChI is InChI=1S/C19H20F3N3O2/c20-19(21,22)27-17-7-3-2-6-16(17)24-18(26)23-14-8-10-15(11-9-14)25-12-4-1-5-13-25/h2-3,6-11H,1,4-5,12-13H2,(H2,23,24,26). The zero-order valence-electron chi connectivity index (χ0n) is 14.6. The van der Waals surface area contributed by atoms with Crippen molar-refractivity contribution in [2.75, 3.05) is 28.6 Å². The first-order valence-electron chi connectivity index (χ1n) is 8.68. The highest BCUT2D eigenvalue weighted by Crippen LogP contribution is 2.30. The number of carbonyl (C=O) groups is 1. The van der Waals surface area contributed by atoms with Crippen LogP contribution in [0.15, 0.2) is 48.5 Å². The summed E-state index contributed by atoms with van der Waals surface area (Å²) in [5.74, 6) is -0.472. The Bertz CT molecular complexity index is 773. The number of carbonyl (C=O) groups excluding carboxylic acids is 1. The van der Waals surface area contributed by atoms with E-state index >= 15 is 0 Å². The van der Waals surface area contributed by atoms with Crippen LogP contribution in [0.3, 0.4) is 0 Å². The van der Waals surface area contributed by atoms with Gasteiger partial charge in [-0.05, 0) is 55.7 Å². The Morgan fingerprint density at radius 2 is 1.59 bits per heavy atom. The van der Waals surface area contributed by atoms with Crippen molar-refractivity contribution in [2.45, 2.75) is 25.6 Å². The minimum absolute atomic E-state index is 0.0720. The zero-order chi connectivity index (χ0) is 19.3. The molecule has 2 aromatic carbocycles. The molecule has 0 unspecified atom stereocenters. The molecule has 0 bridgehead atoms. The zero-order valence-corrected chi connectivity index (χ0v) is 14.6. The van der Waals surface area contributed by atoms with Gasteiger partial charge >= 0.3 is 12.4 Å². The summed E-state index contributed by atoms with van der Waals surface area (Å²) in [6.45, 7) is 2.03. The first-order chi connectivity index (χ1) is 12.9. The average molecular weight is 379 g/mol. The van der Waals surface area contributed by atoms with E-state index in [1.165, 1.54) is 37.5 Å². The fourth-order valence-corrected chi connectivity index (χ4v) is 2.98. The van der Waals surface area contributed by atoms with E-state index in [2.05, 4.69) is 20.3 Å². The van der Waals surface area contributed by atoms with Crippen LogP contribution in [0.1, 0.15) is 19.3 Å². The molecule has 0 atom stereocenters. The van der Waals surface area contributed by atoms with Gasteiger partial charge in [-0.3, -0.25) is 0 Å². The van der Waals surface area contributed by atoms with Crippen molar-refractivity contribution in [3.63, 3.8) is 0 Å². The lowest BCUT2D eigenvalue weighted by Gasteiger charge is -2.28. The highest BCUT2D eigenvalue weighted by Gasteiger charge is 2.32. The molecule has 8 heteroatoms. The number of halogens is 3. The average Bonchev–Trinajstić information content (AvgIpc) is 2.63. The van der Waals surface area contributed by atoms with Crippen molar-refractivity contribution < 1.29 is 22.7 Å². The molecule has 1 aliphatic rings. The van der Waals surface area contributed by atoms with E-state index in [4.69, 9.17) is 0 Å². The number of para-hydroxylation sites is 2. The third kappa shape index (κ3) is 5.54. The van der Waals surface area contributed by atoms with E-state index in [9.17, 15) is 18.0 Å². The van der Waals surface area contributed by atoms with Crippen LogP contribution in [0.2, 0.25) is 0 Å². The van der Waals surface area contributed by atoms with Crippen molar-refractivity contribution in [2.24, 2.45) is 0 Å². The second kappa shape index (κ2) is 8.20. The Labute approximate surface area is 155 Å². The second-order valence-corrected chi connectivity index (χ2v) is 6.22. The molecule has 5 nitrogen and oxygen atoms in total. The molecule has 0 aliphatic carbocycles. The molecule has 2 aromatic rings. The molecule has 2 N–H and O–H groups in total. The molecule has 2 amide bonds. The normalized spacial score (nSPS) is 14.6. The molecule has 1 aliphatic heterocycles. The lowest BCUT2D eigenvalue weighted by atomic mass is 10.1. The molecule has 0 aromatic heterocycles. The maximum Gasteiger partial charge on any atom is 0.573 e. The Morgan fingerprint density at radius 3 is 2.26 bits per heavy atom. The maximum atomic E-state index is 12.4. The summed E-state index contributed by atoms with van der Waals surface area (Å²) in [4.78, 5) is 14.4. The lowest BCUT2D eigenvalue weighted by molar-refractivity contribution is -0.274. The van der Waals surface area contributed by atoms with E-state index in [1.54, 1.807) is 12.1 Å². The fourth-order valence-electron chi connectivity index (χ4n) is 2.98. The van der Waals surface area contributed by atoms with Crippen LogP contribution in [0.5, 0.6) is 5.75 Å². The van der Waals surface area contributed by atoms with E-state index in [0.29, 0.717) is 5.69 Å². The molecule has 0 spiro atoms. The Morgan fingerprint density at radius 1 is 0.926 bits per heavy atom. The topological polar surface area (TPSA) is 53.6 Å². The molecule has 3 rings (SSSR count). The molecule has 0 saturated carbocycles.